The fourth-order valence-corrected chi connectivity index (χ4v) is 2.93. The molecule has 22 heavy (non-hydrogen) atoms. The number of anilines is 1. The van der Waals surface area contributed by atoms with Gasteiger partial charge in [-0.3, -0.25) is 9.69 Å². The minimum Gasteiger partial charge on any atom is -0.327 e. The molecule has 0 unspecified atom stereocenters. The Morgan fingerprint density at radius 3 is 2.50 bits per heavy atom. The van der Waals surface area contributed by atoms with E-state index in [-0.39, 0.29) is 5.91 Å². The number of rotatable bonds is 2. The average Bonchev–Trinajstić information content (AvgIpc) is 2.77. The maximum absolute atomic E-state index is 12.6. The van der Waals surface area contributed by atoms with Crippen LogP contribution in [0, 0.1) is 0 Å². The third-order valence-corrected chi connectivity index (χ3v) is 4.43. The van der Waals surface area contributed by atoms with Crippen molar-refractivity contribution in [3.8, 4) is 0 Å². The highest BCUT2D eigenvalue weighted by atomic mass is 79.9. The number of nitrogens with one attached hydrogen (secondary N) is 1. The molecule has 6 heteroatoms. The largest absolute Gasteiger partial charge is 0.327 e. The molecule has 0 radical (unpaired) electrons. The van der Waals surface area contributed by atoms with Gasteiger partial charge in [0.15, 0.2) is 5.11 Å². The Kier molecular flexibility index (Phi) is 4.29. The van der Waals surface area contributed by atoms with Crippen LogP contribution in [0.25, 0.3) is 6.08 Å². The molecule has 0 saturated carbocycles. The number of hydrogen-bond donors (Lipinski definition) is 1. The number of amides is 1. The van der Waals surface area contributed by atoms with Gasteiger partial charge in [0.2, 0.25) is 0 Å². The van der Waals surface area contributed by atoms with Crippen molar-refractivity contribution in [2.45, 2.75) is 0 Å². The summed E-state index contributed by atoms with van der Waals surface area (Å²) in [7, 11) is 0. The van der Waals surface area contributed by atoms with Crippen molar-refractivity contribution in [2.75, 3.05) is 4.90 Å². The zero-order chi connectivity index (χ0) is 15.7. The van der Waals surface area contributed by atoms with Gasteiger partial charge >= 0.3 is 0 Å². The molecule has 0 bridgehead atoms. The van der Waals surface area contributed by atoms with Gasteiger partial charge in [0.1, 0.15) is 5.70 Å². The first-order chi connectivity index (χ1) is 10.6. The normalized spacial score (nSPS) is 16.3. The predicted molar refractivity (Wildman–Crippen MR) is 96.8 cm³/mol. The van der Waals surface area contributed by atoms with Gasteiger partial charge in [0.25, 0.3) is 5.91 Å². The Morgan fingerprint density at radius 1 is 1.14 bits per heavy atom. The van der Waals surface area contributed by atoms with Crippen molar-refractivity contribution in [1.29, 1.82) is 0 Å². The monoisotopic (exact) mass is 392 g/mol. The molecule has 110 valence electrons. The van der Waals surface area contributed by atoms with Crippen molar-refractivity contribution in [2.24, 2.45) is 0 Å². The summed E-state index contributed by atoms with van der Waals surface area (Å²) in [6.07, 6.45) is 1.77. The summed E-state index contributed by atoms with van der Waals surface area (Å²) in [6, 6.07) is 14.6. The van der Waals surface area contributed by atoms with Crippen LogP contribution in [0.4, 0.5) is 5.69 Å². The summed E-state index contributed by atoms with van der Waals surface area (Å²) in [5.74, 6) is -0.192. The molecule has 0 spiro atoms. The van der Waals surface area contributed by atoms with Crippen LogP contribution in [-0.2, 0) is 4.79 Å². The molecule has 2 aromatic carbocycles. The summed E-state index contributed by atoms with van der Waals surface area (Å²) in [4.78, 5) is 14.0. The number of benzene rings is 2. The topological polar surface area (TPSA) is 32.3 Å². The molecule has 3 rings (SSSR count). The zero-order valence-electron chi connectivity index (χ0n) is 11.2. The molecule has 2 aromatic rings. The third-order valence-electron chi connectivity index (χ3n) is 3.17. The molecule has 1 aliphatic heterocycles. The van der Waals surface area contributed by atoms with E-state index in [1.807, 2.05) is 24.3 Å². The lowest BCUT2D eigenvalue weighted by atomic mass is 10.2. The Bertz CT molecular complexity index is 789. The first-order valence-electron chi connectivity index (χ1n) is 6.43. The Balaban J connectivity index is 1.95. The van der Waals surface area contributed by atoms with Crippen LogP contribution in [0.3, 0.4) is 0 Å². The molecule has 3 nitrogen and oxygen atoms in total. The number of halogens is 2. The second-order valence-electron chi connectivity index (χ2n) is 4.63. The highest BCUT2D eigenvalue weighted by Crippen LogP contribution is 2.25. The number of carbonyl (C=O) groups is 1. The van der Waals surface area contributed by atoms with Crippen LogP contribution in [0.15, 0.2) is 58.7 Å². The Labute approximate surface area is 146 Å². The maximum atomic E-state index is 12.6. The predicted octanol–water partition coefficient (Wildman–Crippen LogP) is 4.36. The summed E-state index contributed by atoms with van der Waals surface area (Å²) in [5, 5.41) is 3.92. The van der Waals surface area contributed by atoms with E-state index in [2.05, 4.69) is 21.2 Å². The van der Waals surface area contributed by atoms with Gasteiger partial charge in [-0.15, -0.1) is 0 Å². The molecule has 1 fully saturated rings. The van der Waals surface area contributed by atoms with Crippen molar-refractivity contribution in [3.63, 3.8) is 0 Å². The van der Waals surface area contributed by atoms with E-state index in [0.717, 1.165) is 10.0 Å². The molecule has 1 aliphatic rings. The quantitative estimate of drug-likeness (QED) is 0.607. The van der Waals surface area contributed by atoms with Gasteiger partial charge in [-0.25, -0.2) is 0 Å². The van der Waals surface area contributed by atoms with Gasteiger partial charge in [-0.2, -0.15) is 0 Å². The maximum Gasteiger partial charge on any atom is 0.281 e. The highest BCUT2D eigenvalue weighted by Gasteiger charge is 2.31. The summed E-state index contributed by atoms with van der Waals surface area (Å²) < 4.78 is 0.910. The highest BCUT2D eigenvalue weighted by molar-refractivity contribution is 9.10. The fraction of sp³-hybridized carbons (Fsp3) is 0. The average molecular weight is 394 g/mol. The zero-order valence-corrected chi connectivity index (χ0v) is 14.4. The van der Waals surface area contributed by atoms with Crippen LogP contribution in [0.1, 0.15) is 5.56 Å². The van der Waals surface area contributed by atoms with E-state index in [1.165, 1.54) is 4.90 Å². The van der Waals surface area contributed by atoms with E-state index in [9.17, 15) is 4.79 Å². The van der Waals surface area contributed by atoms with Gasteiger partial charge < -0.3 is 5.32 Å². The first kappa shape index (κ1) is 15.2. The molecule has 1 heterocycles. The van der Waals surface area contributed by atoms with E-state index in [1.54, 1.807) is 30.3 Å². The van der Waals surface area contributed by atoms with Gasteiger partial charge in [-0.1, -0.05) is 45.7 Å². The second-order valence-corrected chi connectivity index (χ2v) is 6.30. The van der Waals surface area contributed by atoms with Gasteiger partial charge in [0, 0.05) is 9.50 Å². The summed E-state index contributed by atoms with van der Waals surface area (Å²) in [5.41, 5.74) is 2.02. The molecule has 1 N–H and O–H groups in total. The third kappa shape index (κ3) is 2.92. The smallest absolute Gasteiger partial charge is 0.281 e. The molecular formula is C16H10BrClN2OS. The molecule has 0 atom stereocenters. The van der Waals surface area contributed by atoms with E-state index in [0.29, 0.717) is 21.5 Å². The first-order valence-corrected chi connectivity index (χ1v) is 8.01. The molecular weight excluding hydrogens is 384 g/mol. The van der Waals surface area contributed by atoms with Gasteiger partial charge in [0.05, 0.1) is 5.69 Å². The van der Waals surface area contributed by atoms with E-state index < -0.39 is 0 Å². The number of hydrogen-bond acceptors (Lipinski definition) is 2. The lowest BCUT2D eigenvalue weighted by Gasteiger charge is -2.13. The number of nitrogens with zero attached hydrogens (tertiary/aromatic N) is 1. The van der Waals surface area contributed by atoms with Crippen molar-refractivity contribution >= 4 is 62.5 Å². The number of thiocarbonyl (C=S) groups is 1. The molecule has 1 saturated heterocycles. The van der Waals surface area contributed by atoms with Crippen LogP contribution in [-0.4, -0.2) is 11.0 Å². The van der Waals surface area contributed by atoms with Crippen molar-refractivity contribution < 1.29 is 4.79 Å². The fourth-order valence-electron chi connectivity index (χ4n) is 2.11. The van der Waals surface area contributed by atoms with Crippen LogP contribution >= 0.6 is 39.7 Å². The molecule has 0 aromatic heterocycles. The second kappa shape index (κ2) is 6.20. The minimum atomic E-state index is -0.192. The van der Waals surface area contributed by atoms with Crippen LogP contribution in [0.2, 0.25) is 5.02 Å². The molecule has 0 aliphatic carbocycles. The Hall–Kier alpha value is -1.69. The van der Waals surface area contributed by atoms with Gasteiger partial charge in [-0.05, 0) is 54.2 Å². The van der Waals surface area contributed by atoms with Crippen molar-refractivity contribution in [1.82, 2.24) is 5.32 Å². The SMILES string of the molecule is O=C1/C(=C\c2ccccc2Br)NC(=S)N1c1ccc(Cl)cc1. The summed E-state index contributed by atoms with van der Waals surface area (Å²) >= 11 is 14.6. The standard InChI is InChI=1S/C16H10BrClN2OS/c17-13-4-2-1-3-10(13)9-14-15(21)20(16(22)19-14)12-7-5-11(18)6-8-12/h1-9H,(H,19,22)/b14-9+. The Morgan fingerprint density at radius 2 is 1.82 bits per heavy atom. The van der Waals surface area contributed by atoms with Crippen LogP contribution in [0.5, 0.6) is 0 Å². The van der Waals surface area contributed by atoms with Crippen LogP contribution < -0.4 is 10.2 Å². The number of carbonyl (C=O) groups excluding carboxylic acids is 1. The molecule has 1 amide bonds. The lowest BCUT2D eigenvalue weighted by Crippen LogP contribution is -2.30. The van der Waals surface area contributed by atoms with E-state index >= 15 is 0 Å². The van der Waals surface area contributed by atoms with Crippen molar-refractivity contribution in [3.05, 3.63) is 69.3 Å². The minimum absolute atomic E-state index is 0.192. The lowest BCUT2D eigenvalue weighted by molar-refractivity contribution is -0.113. The summed E-state index contributed by atoms with van der Waals surface area (Å²) in [6.45, 7) is 0. The van der Waals surface area contributed by atoms with E-state index in [4.69, 9.17) is 23.8 Å².